The molecule has 0 unspecified atom stereocenters. The third-order valence-corrected chi connectivity index (χ3v) is 12.3. The van der Waals surface area contributed by atoms with Crippen molar-refractivity contribution in [1.29, 1.82) is 0 Å². The number of rotatable bonds is 17. The Kier molecular flexibility index (Phi) is 15.9. The lowest BCUT2D eigenvalue weighted by molar-refractivity contribution is -0.144. The molecule has 4 amide bonds. The van der Waals surface area contributed by atoms with Crippen molar-refractivity contribution in [2.24, 2.45) is 10.5 Å². The van der Waals surface area contributed by atoms with Gasteiger partial charge in [-0.3, -0.25) is 24.6 Å². The van der Waals surface area contributed by atoms with Crippen LogP contribution in [0.15, 0.2) is 89.5 Å². The van der Waals surface area contributed by atoms with E-state index in [1.165, 1.54) is 4.90 Å². The molecule has 0 spiro atoms. The van der Waals surface area contributed by atoms with Crippen molar-refractivity contribution in [3.05, 3.63) is 112 Å². The molecule has 0 aliphatic carbocycles. The second kappa shape index (κ2) is 22.2. The first-order valence-electron chi connectivity index (χ1n) is 22.3. The average Bonchev–Trinajstić information content (AvgIpc) is 3.93. The van der Waals surface area contributed by atoms with Crippen molar-refractivity contribution in [2.75, 3.05) is 55.1 Å². The molecule has 3 aromatic carbocycles. The molecule has 2 fully saturated rings. The molecule has 2 saturated heterocycles. The maximum Gasteiger partial charge on any atom is 0.320 e. The molecule has 5 aromatic rings. The Hall–Kier alpha value is -6.76. The van der Waals surface area contributed by atoms with Crippen LogP contribution in [0.2, 0.25) is 0 Å². The molecule has 0 bridgehead atoms. The number of aromatic nitrogens is 3. The summed E-state index contributed by atoms with van der Waals surface area (Å²) in [6, 6.07) is 23.0. The van der Waals surface area contributed by atoms with Gasteiger partial charge in [0.2, 0.25) is 23.6 Å². The number of likely N-dealkylation sites (tertiary alicyclic amines) is 1. The summed E-state index contributed by atoms with van der Waals surface area (Å²) in [6.07, 6.45) is 0.854. The highest BCUT2D eigenvalue weighted by Gasteiger charge is 2.44. The molecular weight excluding hydrogens is 873 g/mol. The van der Waals surface area contributed by atoms with Gasteiger partial charge in [-0.15, -0.1) is 11.3 Å². The topological polar surface area (TPSA) is 213 Å². The lowest BCUT2D eigenvalue weighted by Gasteiger charge is -2.35. The summed E-state index contributed by atoms with van der Waals surface area (Å²) in [5, 5.41) is 23.4. The van der Waals surface area contributed by atoms with Gasteiger partial charge in [0.15, 0.2) is 5.82 Å². The van der Waals surface area contributed by atoms with Crippen LogP contribution in [-0.2, 0) is 36.9 Å². The van der Waals surface area contributed by atoms with Crippen LogP contribution in [0.1, 0.15) is 61.6 Å². The van der Waals surface area contributed by atoms with E-state index in [0.29, 0.717) is 50.0 Å². The van der Waals surface area contributed by atoms with Gasteiger partial charge in [-0.2, -0.15) is 15.1 Å². The number of carbonyl (C=O) groups excluding carboxylic acids is 4. The zero-order chi connectivity index (χ0) is 47.5. The van der Waals surface area contributed by atoms with Gasteiger partial charge in [-0.05, 0) is 53.6 Å². The molecular formula is C49H58N10O7S. The van der Waals surface area contributed by atoms with Gasteiger partial charge in [0.05, 0.1) is 48.2 Å². The standard InChI is InChI=1S/C49H58N10O7S/c1-31-7-6-8-35(23-31)28-52-57-40-25-41(58-18-21-65-22-19-58)55-48(54-40)66-20-17-33-11-15-37(16-12-33)53-42(61)26-43(62)56-45(49(3,4)5)47(64)59-29-38(60)24-39(59)46(63)50-27-34-9-13-36(14-10-34)44-32(2)51-30-67-44/h6-16,23,25,28,30,38-39,45,60H,17-22,24,26-27,29H2,1-5H3,(H,50,63)(H,53,61)(H,56,62)(H,54,55,57)/b52-28+/t38-,39+,45-/m1/s1. The third-order valence-electron chi connectivity index (χ3n) is 11.4. The Morgan fingerprint density at radius 2 is 1.72 bits per heavy atom. The number of hydrogen-bond acceptors (Lipinski definition) is 14. The quantitative estimate of drug-likeness (QED) is 0.0460. The van der Waals surface area contributed by atoms with E-state index < -0.39 is 53.7 Å². The number of thiazole rings is 1. The molecule has 5 N–H and O–H groups in total. The number of carbonyl (C=O) groups is 4. The molecule has 2 aromatic heterocycles. The van der Waals surface area contributed by atoms with E-state index >= 15 is 0 Å². The highest BCUT2D eigenvalue weighted by molar-refractivity contribution is 7.13. The van der Waals surface area contributed by atoms with Crippen LogP contribution in [0.25, 0.3) is 10.4 Å². The largest absolute Gasteiger partial charge is 0.463 e. The molecule has 67 heavy (non-hydrogen) atoms. The summed E-state index contributed by atoms with van der Waals surface area (Å²) in [5.41, 5.74) is 10.4. The Morgan fingerprint density at radius 3 is 2.42 bits per heavy atom. The molecule has 2 aliphatic rings. The van der Waals surface area contributed by atoms with Crippen molar-refractivity contribution in [3.63, 3.8) is 0 Å². The van der Waals surface area contributed by atoms with Gasteiger partial charge >= 0.3 is 6.01 Å². The summed E-state index contributed by atoms with van der Waals surface area (Å²) in [5.74, 6) is -0.959. The Bertz CT molecular complexity index is 2540. The number of benzene rings is 3. The number of amides is 4. The van der Waals surface area contributed by atoms with Crippen LogP contribution in [0.4, 0.5) is 17.3 Å². The lowest BCUT2D eigenvalue weighted by atomic mass is 9.85. The van der Waals surface area contributed by atoms with E-state index in [-0.39, 0.29) is 32.1 Å². The molecule has 2 aliphatic heterocycles. The Morgan fingerprint density at radius 1 is 0.970 bits per heavy atom. The molecule has 0 saturated carbocycles. The summed E-state index contributed by atoms with van der Waals surface area (Å²) in [4.78, 5) is 71.9. The monoisotopic (exact) mass is 930 g/mol. The van der Waals surface area contributed by atoms with Gasteiger partial charge in [-0.25, -0.2) is 4.98 Å². The minimum absolute atomic E-state index is 0.0576. The number of morpholine rings is 1. The number of nitrogens with one attached hydrogen (secondary N) is 4. The Labute approximate surface area is 394 Å². The number of hydrogen-bond donors (Lipinski definition) is 5. The fraction of sp³-hybridized carbons (Fsp3) is 0.388. The zero-order valence-electron chi connectivity index (χ0n) is 38.5. The summed E-state index contributed by atoms with van der Waals surface area (Å²) in [6.45, 7) is 12.4. The van der Waals surface area contributed by atoms with Crippen LogP contribution in [0, 0.1) is 19.3 Å². The van der Waals surface area contributed by atoms with Gasteiger partial charge in [0, 0.05) is 50.8 Å². The number of aryl methyl sites for hydroxylation is 2. The van der Waals surface area contributed by atoms with E-state index in [2.05, 4.69) is 46.3 Å². The first kappa shape index (κ1) is 48.2. The number of aliphatic hydroxyl groups excluding tert-OH is 1. The normalized spacial score (nSPS) is 16.7. The zero-order valence-corrected chi connectivity index (χ0v) is 39.3. The average molecular weight is 931 g/mol. The first-order valence-corrected chi connectivity index (χ1v) is 23.2. The first-order chi connectivity index (χ1) is 32.2. The second-order valence-electron chi connectivity index (χ2n) is 17.7. The fourth-order valence-electron chi connectivity index (χ4n) is 7.77. The van der Waals surface area contributed by atoms with Crippen LogP contribution in [0.5, 0.6) is 6.01 Å². The van der Waals surface area contributed by atoms with Crippen LogP contribution >= 0.6 is 11.3 Å². The third kappa shape index (κ3) is 13.4. The number of anilines is 3. The van der Waals surface area contributed by atoms with Crippen molar-refractivity contribution in [2.45, 2.75) is 78.6 Å². The molecule has 17 nitrogen and oxygen atoms in total. The SMILES string of the molecule is Cc1cccc(/C=N/Nc2cc(N3CCOCC3)nc(OCCc3ccc(NC(=O)CC(=O)N[C@H](C(=O)N4C[C@H](O)C[C@H]4C(=O)NCc4ccc(-c5scnc5C)cc4)C(C)(C)C)cc3)n2)c1. The van der Waals surface area contributed by atoms with Crippen molar-refractivity contribution >= 4 is 58.5 Å². The highest BCUT2D eigenvalue weighted by Crippen LogP contribution is 2.29. The number of ether oxygens (including phenoxy) is 2. The highest BCUT2D eigenvalue weighted by atomic mass is 32.1. The van der Waals surface area contributed by atoms with Gasteiger partial charge in [-0.1, -0.05) is 87.0 Å². The van der Waals surface area contributed by atoms with Gasteiger partial charge < -0.3 is 40.3 Å². The molecule has 7 rings (SSSR count). The molecule has 4 heterocycles. The van der Waals surface area contributed by atoms with Crippen LogP contribution in [-0.4, -0.2) is 112 Å². The van der Waals surface area contributed by atoms with Crippen molar-refractivity contribution in [3.8, 4) is 16.5 Å². The predicted molar refractivity (Wildman–Crippen MR) is 258 cm³/mol. The lowest BCUT2D eigenvalue weighted by Crippen LogP contribution is -2.58. The van der Waals surface area contributed by atoms with Crippen molar-refractivity contribution in [1.82, 2.24) is 30.5 Å². The summed E-state index contributed by atoms with van der Waals surface area (Å²) < 4.78 is 11.5. The Balaban J connectivity index is 0.889. The fourth-order valence-corrected chi connectivity index (χ4v) is 8.58. The van der Waals surface area contributed by atoms with Crippen LogP contribution < -0.4 is 31.0 Å². The molecule has 18 heteroatoms. The van der Waals surface area contributed by atoms with E-state index in [4.69, 9.17) is 9.47 Å². The van der Waals surface area contributed by atoms with E-state index in [9.17, 15) is 24.3 Å². The summed E-state index contributed by atoms with van der Waals surface area (Å²) in [7, 11) is 0. The number of aliphatic hydroxyl groups is 1. The number of β-amino-alcohol motifs (C(OH)–C–C–N with tert-alkyl or cyclic N) is 1. The number of nitrogens with zero attached hydrogens (tertiary/aromatic N) is 6. The maximum absolute atomic E-state index is 14.1. The van der Waals surface area contributed by atoms with E-state index in [0.717, 1.165) is 38.4 Å². The predicted octanol–water partition coefficient (Wildman–Crippen LogP) is 5.26. The van der Waals surface area contributed by atoms with Crippen LogP contribution in [0.3, 0.4) is 0 Å². The smallest absolute Gasteiger partial charge is 0.320 e. The van der Waals surface area contributed by atoms with Crippen molar-refractivity contribution < 1.29 is 33.8 Å². The van der Waals surface area contributed by atoms with Gasteiger partial charge in [0.1, 0.15) is 24.3 Å². The van der Waals surface area contributed by atoms with E-state index in [1.807, 2.05) is 80.6 Å². The molecule has 0 radical (unpaired) electrons. The second-order valence-corrected chi connectivity index (χ2v) is 18.6. The molecule has 3 atom stereocenters. The minimum atomic E-state index is -1.08. The van der Waals surface area contributed by atoms with E-state index in [1.54, 1.807) is 56.0 Å². The number of hydrazone groups is 1. The summed E-state index contributed by atoms with van der Waals surface area (Å²) >= 11 is 1.56. The maximum atomic E-state index is 14.1. The minimum Gasteiger partial charge on any atom is -0.463 e. The van der Waals surface area contributed by atoms with Gasteiger partial charge in [0.25, 0.3) is 0 Å². The molecule has 352 valence electrons.